The lowest BCUT2D eigenvalue weighted by atomic mass is 9.89. The molecule has 0 bridgehead atoms. The van der Waals surface area contributed by atoms with Crippen LogP contribution in [0.1, 0.15) is 60.2 Å². The van der Waals surface area contributed by atoms with Gasteiger partial charge in [0.1, 0.15) is 0 Å². The van der Waals surface area contributed by atoms with Crippen LogP contribution in [0.3, 0.4) is 0 Å². The maximum Gasteiger partial charge on any atom is 0.234 e. The Kier molecular flexibility index (Phi) is 5.41. The van der Waals surface area contributed by atoms with Crippen molar-refractivity contribution in [3.05, 3.63) is 57.3 Å². The molecule has 4 heteroatoms. The number of carbonyl (C=O) groups excluding carboxylic acids is 1. The fourth-order valence-corrected chi connectivity index (χ4v) is 4.66. The highest BCUT2D eigenvalue weighted by molar-refractivity contribution is 7.09. The first-order valence-electron chi connectivity index (χ1n) is 9.86. The molecule has 1 heterocycles. The standard InChI is InChI=1S/C22H28N2OS/c1-16(18-9-8-17-5-2-3-6-19(17)13-18)23-22(25)15-24(20-10-11-20)14-21-7-4-12-26-21/h4,7-9,12-13,16,20H,2-3,5-6,10-11,14-15H2,1H3,(H,23,25). The van der Waals surface area contributed by atoms with Gasteiger partial charge in [-0.05, 0) is 73.6 Å². The number of amides is 1. The number of aryl methyl sites for hydroxylation is 2. The van der Waals surface area contributed by atoms with E-state index in [0.29, 0.717) is 12.6 Å². The summed E-state index contributed by atoms with van der Waals surface area (Å²) in [5.41, 5.74) is 4.21. The molecule has 1 atom stereocenters. The summed E-state index contributed by atoms with van der Waals surface area (Å²) in [6.45, 7) is 3.49. The largest absolute Gasteiger partial charge is 0.348 e. The van der Waals surface area contributed by atoms with E-state index in [1.165, 1.54) is 60.1 Å². The minimum absolute atomic E-state index is 0.0671. The normalized spacial score (nSPS) is 17.8. The lowest BCUT2D eigenvalue weighted by Gasteiger charge is -2.23. The molecule has 1 saturated carbocycles. The van der Waals surface area contributed by atoms with E-state index < -0.39 is 0 Å². The van der Waals surface area contributed by atoms with Crippen molar-refractivity contribution >= 4 is 17.2 Å². The Bertz CT molecular complexity index is 752. The number of benzene rings is 1. The predicted molar refractivity (Wildman–Crippen MR) is 107 cm³/mol. The summed E-state index contributed by atoms with van der Waals surface area (Å²) < 4.78 is 0. The van der Waals surface area contributed by atoms with Gasteiger partial charge in [0.05, 0.1) is 12.6 Å². The number of hydrogen-bond donors (Lipinski definition) is 1. The van der Waals surface area contributed by atoms with Gasteiger partial charge >= 0.3 is 0 Å². The third-order valence-electron chi connectivity index (χ3n) is 5.60. The summed E-state index contributed by atoms with van der Waals surface area (Å²) in [6.07, 6.45) is 7.42. The van der Waals surface area contributed by atoms with Crippen LogP contribution in [0.5, 0.6) is 0 Å². The zero-order valence-electron chi connectivity index (χ0n) is 15.5. The zero-order valence-corrected chi connectivity index (χ0v) is 16.4. The van der Waals surface area contributed by atoms with E-state index in [-0.39, 0.29) is 11.9 Å². The Morgan fingerprint density at radius 3 is 2.77 bits per heavy atom. The van der Waals surface area contributed by atoms with Crippen molar-refractivity contribution in [2.75, 3.05) is 6.54 Å². The van der Waals surface area contributed by atoms with Gasteiger partial charge in [0.25, 0.3) is 0 Å². The van der Waals surface area contributed by atoms with Crippen LogP contribution in [0, 0.1) is 0 Å². The first-order valence-corrected chi connectivity index (χ1v) is 10.7. The van der Waals surface area contributed by atoms with Crippen LogP contribution in [-0.4, -0.2) is 23.4 Å². The number of nitrogens with one attached hydrogen (secondary N) is 1. The topological polar surface area (TPSA) is 32.3 Å². The molecule has 1 amide bonds. The molecule has 3 nitrogen and oxygen atoms in total. The Hall–Kier alpha value is -1.65. The quantitative estimate of drug-likeness (QED) is 0.782. The molecule has 2 aromatic rings. The van der Waals surface area contributed by atoms with Crippen LogP contribution in [-0.2, 0) is 24.2 Å². The fourth-order valence-electron chi connectivity index (χ4n) is 3.93. The monoisotopic (exact) mass is 368 g/mol. The van der Waals surface area contributed by atoms with Crippen LogP contribution in [0.2, 0.25) is 0 Å². The SMILES string of the molecule is CC(NC(=O)CN(Cc1cccs1)C1CC1)c1ccc2c(c1)CCCC2. The second-order valence-corrected chi connectivity index (χ2v) is 8.77. The molecule has 138 valence electrons. The first-order chi connectivity index (χ1) is 12.7. The van der Waals surface area contributed by atoms with E-state index in [0.717, 1.165) is 6.54 Å². The maximum absolute atomic E-state index is 12.6. The van der Waals surface area contributed by atoms with Gasteiger partial charge in [-0.1, -0.05) is 24.3 Å². The molecule has 1 fully saturated rings. The fraction of sp³-hybridized carbons (Fsp3) is 0.500. The first kappa shape index (κ1) is 17.7. The Balaban J connectivity index is 1.36. The van der Waals surface area contributed by atoms with Crippen molar-refractivity contribution in [2.24, 2.45) is 0 Å². The number of rotatable bonds is 7. The average molecular weight is 369 g/mol. The summed E-state index contributed by atoms with van der Waals surface area (Å²) in [5, 5.41) is 5.33. The molecule has 26 heavy (non-hydrogen) atoms. The van der Waals surface area contributed by atoms with Crippen molar-refractivity contribution < 1.29 is 4.79 Å². The number of nitrogens with zero attached hydrogens (tertiary/aromatic N) is 1. The molecule has 1 aromatic carbocycles. The van der Waals surface area contributed by atoms with Crippen LogP contribution in [0.25, 0.3) is 0 Å². The van der Waals surface area contributed by atoms with E-state index in [9.17, 15) is 4.79 Å². The molecule has 2 aliphatic rings. The van der Waals surface area contributed by atoms with Crippen LogP contribution < -0.4 is 5.32 Å². The molecule has 0 aliphatic heterocycles. The van der Waals surface area contributed by atoms with E-state index in [4.69, 9.17) is 0 Å². The summed E-state index contributed by atoms with van der Waals surface area (Å²) in [5.74, 6) is 0.138. The van der Waals surface area contributed by atoms with Crippen molar-refractivity contribution in [3.8, 4) is 0 Å². The minimum atomic E-state index is 0.0671. The van der Waals surface area contributed by atoms with E-state index in [1.54, 1.807) is 11.3 Å². The maximum atomic E-state index is 12.6. The molecule has 0 saturated heterocycles. The summed E-state index contributed by atoms with van der Waals surface area (Å²) in [4.78, 5) is 16.3. The molecule has 0 spiro atoms. The molecular formula is C22H28N2OS. The lowest BCUT2D eigenvalue weighted by Crippen LogP contribution is -2.39. The average Bonchev–Trinajstić information content (AvgIpc) is 3.38. The van der Waals surface area contributed by atoms with E-state index >= 15 is 0 Å². The molecule has 4 rings (SSSR count). The van der Waals surface area contributed by atoms with Gasteiger partial charge in [-0.15, -0.1) is 11.3 Å². The van der Waals surface area contributed by atoms with Crippen LogP contribution >= 0.6 is 11.3 Å². The Labute approximate surface area is 160 Å². The number of fused-ring (bicyclic) bond motifs is 1. The summed E-state index contributed by atoms with van der Waals surface area (Å²) in [6, 6.07) is 11.7. The highest BCUT2D eigenvalue weighted by atomic mass is 32.1. The zero-order chi connectivity index (χ0) is 17.9. The number of hydrogen-bond acceptors (Lipinski definition) is 3. The molecular weight excluding hydrogens is 340 g/mol. The Morgan fingerprint density at radius 2 is 2.04 bits per heavy atom. The molecule has 1 aromatic heterocycles. The van der Waals surface area contributed by atoms with Gasteiger partial charge in [0, 0.05) is 17.5 Å². The van der Waals surface area contributed by atoms with Gasteiger partial charge < -0.3 is 5.32 Å². The van der Waals surface area contributed by atoms with Crippen LogP contribution in [0.4, 0.5) is 0 Å². The Morgan fingerprint density at radius 1 is 1.23 bits per heavy atom. The van der Waals surface area contributed by atoms with Gasteiger partial charge in [-0.2, -0.15) is 0 Å². The lowest BCUT2D eigenvalue weighted by molar-refractivity contribution is -0.123. The van der Waals surface area contributed by atoms with Crippen molar-refractivity contribution in [3.63, 3.8) is 0 Å². The smallest absolute Gasteiger partial charge is 0.234 e. The van der Waals surface area contributed by atoms with Gasteiger partial charge in [-0.3, -0.25) is 9.69 Å². The van der Waals surface area contributed by atoms with Gasteiger partial charge in [0.2, 0.25) is 5.91 Å². The number of carbonyl (C=O) groups is 1. The second kappa shape index (κ2) is 7.93. The molecule has 1 unspecified atom stereocenters. The predicted octanol–water partition coefficient (Wildman–Crippen LogP) is 4.47. The van der Waals surface area contributed by atoms with E-state index in [2.05, 4.69) is 52.9 Å². The van der Waals surface area contributed by atoms with Gasteiger partial charge in [0.15, 0.2) is 0 Å². The summed E-state index contributed by atoms with van der Waals surface area (Å²) in [7, 11) is 0. The van der Waals surface area contributed by atoms with Crippen molar-refractivity contribution in [1.29, 1.82) is 0 Å². The minimum Gasteiger partial charge on any atom is -0.348 e. The molecule has 1 N–H and O–H groups in total. The molecule has 2 aliphatic carbocycles. The third-order valence-corrected chi connectivity index (χ3v) is 6.46. The van der Waals surface area contributed by atoms with Gasteiger partial charge in [-0.25, -0.2) is 0 Å². The highest BCUT2D eigenvalue weighted by Crippen LogP contribution is 2.29. The van der Waals surface area contributed by atoms with Crippen molar-refractivity contribution in [2.45, 2.75) is 64.1 Å². The van der Waals surface area contributed by atoms with Crippen molar-refractivity contribution in [1.82, 2.24) is 10.2 Å². The summed E-state index contributed by atoms with van der Waals surface area (Å²) >= 11 is 1.77. The highest BCUT2D eigenvalue weighted by Gasteiger charge is 2.30. The number of thiophene rings is 1. The van der Waals surface area contributed by atoms with Crippen LogP contribution in [0.15, 0.2) is 35.7 Å². The second-order valence-electron chi connectivity index (χ2n) is 7.74. The molecule has 0 radical (unpaired) electrons. The van der Waals surface area contributed by atoms with E-state index in [1.807, 2.05) is 0 Å². The third kappa shape index (κ3) is 4.36.